The van der Waals surface area contributed by atoms with Crippen LogP contribution in [0.3, 0.4) is 0 Å². The minimum Gasteiger partial charge on any atom is -0.504 e. The molecule has 134 valence electrons. The number of amides is 2. The van der Waals surface area contributed by atoms with Gasteiger partial charge >= 0.3 is 0 Å². The molecule has 2 aliphatic rings. The molecular weight excluding hydrogens is 320 g/mol. The number of allylic oxidation sites excluding steroid dienone is 2. The molecule has 0 fully saturated rings. The van der Waals surface area contributed by atoms with Crippen LogP contribution in [0.4, 0.5) is 0 Å². The SMILES string of the molecule is Cn1nc(C(=O)N[C@H]2CC=CCC2)c(O)c1C(=O)N[C@H]1CC=CCC1. The Morgan fingerprint density at radius 2 is 1.60 bits per heavy atom. The topological polar surface area (TPSA) is 96.2 Å². The van der Waals surface area contributed by atoms with Crippen molar-refractivity contribution in [3.63, 3.8) is 0 Å². The summed E-state index contributed by atoms with van der Waals surface area (Å²) in [5.74, 6) is -1.23. The van der Waals surface area contributed by atoms with Gasteiger partial charge in [-0.2, -0.15) is 5.10 Å². The maximum Gasteiger partial charge on any atom is 0.275 e. The van der Waals surface area contributed by atoms with Gasteiger partial charge in [0.15, 0.2) is 17.1 Å². The number of aromatic hydroxyl groups is 1. The van der Waals surface area contributed by atoms with E-state index in [1.807, 2.05) is 12.2 Å². The molecule has 0 saturated carbocycles. The summed E-state index contributed by atoms with van der Waals surface area (Å²) in [6.45, 7) is 0. The molecule has 2 aliphatic carbocycles. The quantitative estimate of drug-likeness (QED) is 0.726. The Hall–Kier alpha value is -2.57. The van der Waals surface area contributed by atoms with Crippen molar-refractivity contribution >= 4 is 11.8 Å². The zero-order chi connectivity index (χ0) is 17.8. The van der Waals surface area contributed by atoms with Crippen LogP contribution in [-0.4, -0.2) is 38.8 Å². The normalized spacial score (nSPS) is 22.6. The largest absolute Gasteiger partial charge is 0.504 e. The molecule has 2 amide bonds. The number of hydrogen-bond donors (Lipinski definition) is 3. The highest BCUT2D eigenvalue weighted by atomic mass is 16.3. The third-order valence-electron chi connectivity index (χ3n) is 4.66. The first-order valence-electron chi connectivity index (χ1n) is 8.74. The van der Waals surface area contributed by atoms with E-state index in [2.05, 4.69) is 27.9 Å². The number of carbonyl (C=O) groups excluding carboxylic acids is 2. The van der Waals surface area contributed by atoms with Crippen molar-refractivity contribution in [3.05, 3.63) is 35.7 Å². The minimum absolute atomic E-state index is 0.0169. The molecule has 0 radical (unpaired) electrons. The minimum atomic E-state index is -0.451. The van der Waals surface area contributed by atoms with Crippen LogP contribution in [-0.2, 0) is 7.05 Å². The van der Waals surface area contributed by atoms with Gasteiger partial charge in [0.05, 0.1) is 0 Å². The zero-order valence-electron chi connectivity index (χ0n) is 14.4. The monoisotopic (exact) mass is 344 g/mol. The van der Waals surface area contributed by atoms with Gasteiger partial charge in [0, 0.05) is 19.1 Å². The van der Waals surface area contributed by atoms with Crippen molar-refractivity contribution in [1.29, 1.82) is 0 Å². The zero-order valence-corrected chi connectivity index (χ0v) is 14.4. The molecule has 1 heterocycles. The van der Waals surface area contributed by atoms with Crippen LogP contribution in [0, 0.1) is 0 Å². The first-order chi connectivity index (χ1) is 12.1. The highest BCUT2D eigenvalue weighted by Crippen LogP contribution is 2.23. The molecule has 0 unspecified atom stereocenters. The summed E-state index contributed by atoms with van der Waals surface area (Å²) in [5, 5.41) is 20.2. The van der Waals surface area contributed by atoms with Crippen molar-refractivity contribution in [2.75, 3.05) is 0 Å². The number of aromatic nitrogens is 2. The van der Waals surface area contributed by atoms with Crippen molar-refractivity contribution in [2.45, 2.75) is 50.6 Å². The second kappa shape index (κ2) is 7.55. The second-order valence-electron chi connectivity index (χ2n) is 6.58. The molecule has 1 aromatic rings. The average molecular weight is 344 g/mol. The smallest absolute Gasteiger partial charge is 0.275 e. The molecule has 0 aliphatic heterocycles. The van der Waals surface area contributed by atoms with Crippen molar-refractivity contribution in [2.24, 2.45) is 7.05 Å². The van der Waals surface area contributed by atoms with Gasteiger partial charge in [-0.25, -0.2) is 0 Å². The fraction of sp³-hybridized carbons (Fsp3) is 0.500. The summed E-state index contributed by atoms with van der Waals surface area (Å²) < 4.78 is 1.26. The van der Waals surface area contributed by atoms with Crippen LogP contribution < -0.4 is 10.6 Å². The van der Waals surface area contributed by atoms with Crippen LogP contribution in [0.2, 0.25) is 0 Å². The fourth-order valence-corrected chi connectivity index (χ4v) is 3.28. The Balaban J connectivity index is 1.71. The lowest BCUT2D eigenvalue weighted by molar-refractivity contribution is 0.0919. The Morgan fingerprint density at radius 1 is 1.04 bits per heavy atom. The van der Waals surface area contributed by atoms with Crippen LogP contribution in [0.5, 0.6) is 5.75 Å². The standard InChI is InChI=1S/C18H24N4O3/c1-22-15(18(25)20-13-10-6-3-7-11-13)16(23)14(21-22)17(24)19-12-8-4-2-5-9-12/h2-4,6,12-13,23H,5,7-11H2,1H3,(H,19,24)(H,20,25)/t12-,13-/m0/s1. The molecule has 0 bridgehead atoms. The summed E-state index contributed by atoms with van der Waals surface area (Å²) in [5.41, 5.74) is -0.0889. The molecule has 7 nitrogen and oxygen atoms in total. The van der Waals surface area contributed by atoms with E-state index in [4.69, 9.17) is 0 Å². The number of carbonyl (C=O) groups is 2. The second-order valence-corrected chi connectivity index (χ2v) is 6.58. The van der Waals surface area contributed by atoms with Crippen molar-refractivity contribution in [3.8, 4) is 5.75 Å². The summed E-state index contributed by atoms with van der Waals surface area (Å²) in [4.78, 5) is 24.9. The number of nitrogens with zero attached hydrogens (tertiary/aromatic N) is 2. The number of rotatable bonds is 4. The van der Waals surface area contributed by atoms with Gasteiger partial charge in [-0.05, 0) is 38.5 Å². The maximum absolute atomic E-state index is 12.5. The molecular formula is C18H24N4O3. The lowest BCUT2D eigenvalue weighted by Gasteiger charge is -2.19. The van der Waals surface area contributed by atoms with Gasteiger partial charge in [0.1, 0.15) is 0 Å². The Kier molecular flexibility index (Phi) is 5.21. The van der Waals surface area contributed by atoms with Crippen LogP contribution in [0.1, 0.15) is 59.5 Å². The lowest BCUT2D eigenvalue weighted by atomic mass is 10.0. The van der Waals surface area contributed by atoms with E-state index < -0.39 is 11.8 Å². The molecule has 0 spiro atoms. The number of aryl methyl sites for hydroxylation is 1. The Morgan fingerprint density at radius 3 is 2.12 bits per heavy atom. The summed E-state index contributed by atoms with van der Waals surface area (Å²) >= 11 is 0. The highest BCUT2D eigenvalue weighted by molar-refractivity contribution is 6.02. The van der Waals surface area contributed by atoms with Crippen LogP contribution in [0.15, 0.2) is 24.3 Å². The fourth-order valence-electron chi connectivity index (χ4n) is 3.28. The first kappa shape index (κ1) is 17.3. The van der Waals surface area contributed by atoms with Gasteiger partial charge in [-0.1, -0.05) is 24.3 Å². The summed E-state index contributed by atoms with van der Waals surface area (Å²) in [6.07, 6.45) is 13.3. The van der Waals surface area contributed by atoms with E-state index >= 15 is 0 Å². The predicted octanol–water partition coefficient (Wildman–Crippen LogP) is 1.80. The van der Waals surface area contributed by atoms with E-state index in [0.29, 0.717) is 0 Å². The Labute approximate surface area is 146 Å². The third-order valence-corrected chi connectivity index (χ3v) is 4.66. The molecule has 25 heavy (non-hydrogen) atoms. The van der Waals surface area contributed by atoms with Gasteiger partial charge in [-0.3, -0.25) is 14.3 Å². The molecule has 0 saturated heterocycles. The summed E-state index contributed by atoms with van der Waals surface area (Å²) in [7, 11) is 1.55. The van der Waals surface area contributed by atoms with Crippen LogP contribution in [0.25, 0.3) is 0 Å². The molecule has 3 rings (SSSR count). The molecule has 0 aromatic carbocycles. The van der Waals surface area contributed by atoms with Crippen molar-refractivity contribution < 1.29 is 14.7 Å². The lowest BCUT2D eigenvalue weighted by Crippen LogP contribution is -2.36. The van der Waals surface area contributed by atoms with E-state index in [0.717, 1.165) is 38.5 Å². The number of hydrogen-bond acceptors (Lipinski definition) is 4. The maximum atomic E-state index is 12.5. The van der Waals surface area contributed by atoms with Gasteiger partial charge in [0.25, 0.3) is 11.8 Å². The highest BCUT2D eigenvalue weighted by Gasteiger charge is 2.28. The summed E-state index contributed by atoms with van der Waals surface area (Å²) in [6, 6.07) is 0.0725. The van der Waals surface area contributed by atoms with E-state index in [1.54, 1.807) is 7.05 Å². The molecule has 7 heteroatoms. The van der Waals surface area contributed by atoms with Gasteiger partial charge in [-0.15, -0.1) is 0 Å². The molecule has 3 N–H and O–H groups in total. The van der Waals surface area contributed by atoms with Gasteiger partial charge in [0.2, 0.25) is 0 Å². The number of nitrogens with one attached hydrogen (secondary N) is 2. The van der Waals surface area contributed by atoms with Gasteiger partial charge < -0.3 is 15.7 Å². The predicted molar refractivity (Wildman–Crippen MR) is 93.4 cm³/mol. The van der Waals surface area contributed by atoms with E-state index in [9.17, 15) is 14.7 Å². The first-order valence-corrected chi connectivity index (χ1v) is 8.74. The molecule has 2 atom stereocenters. The average Bonchev–Trinajstić information content (AvgIpc) is 2.91. The van der Waals surface area contributed by atoms with Crippen LogP contribution >= 0.6 is 0 Å². The van der Waals surface area contributed by atoms with Crippen molar-refractivity contribution in [1.82, 2.24) is 20.4 Å². The third kappa shape index (κ3) is 3.92. The molecule has 1 aromatic heterocycles. The van der Waals surface area contributed by atoms with E-state index in [-0.39, 0.29) is 29.2 Å². The van der Waals surface area contributed by atoms with E-state index in [1.165, 1.54) is 4.68 Å². The Bertz CT molecular complexity index is 720.